The molecule has 0 radical (unpaired) electrons. The Balaban J connectivity index is 1.77. The molecule has 0 amide bonds. The molecule has 2 aliphatic carbocycles. The van der Waals surface area contributed by atoms with Crippen LogP contribution >= 0.6 is 0 Å². The molecule has 94 valence electrons. The van der Waals surface area contributed by atoms with E-state index in [4.69, 9.17) is 0 Å². The first-order chi connectivity index (χ1) is 7.55. The van der Waals surface area contributed by atoms with E-state index >= 15 is 0 Å². The van der Waals surface area contributed by atoms with Gasteiger partial charge in [0.05, 0.1) is 0 Å². The maximum absolute atomic E-state index is 3.93. The molecule has 16 heavy (non-hydrogen) atoms. The summed E-state index contributed by atoms with van der Waals surface area (Å²) in [6.07, 6.45) is 11.3. The van der Waals surface area contributed by atoms with Gasteiger partial charge in [0.2, 0.25) is 0 Å². The van der Waals surface area contributed by atoms with Crippen LogP contribution in [0.5, 0.6) is 0 Å². The lowest BCUT2D eigenvalue weighted by molar-refractivity contribution is 0.306. The van der Waals surface area contributed by atoms with Gasteiger partial charge >= 0.3 is 0 Å². The standard InChI is InChI=1S/C15H29N/c1-12-6-7-14(11-12)16-13-5-4-9-15(2,3)10-8-13/h12-14,16H,4-11H2,1-3H3. The van der Waals surface area contributed by atoms with Crippen LogP contribution in [0.4, 0.5) is 0 Å². The molecule has 2 aliphatic rings. The van der Waals surface area contributed by atoms with Crippen LogP contribution in [0.25, 0.3) is 0 Å². The highest BCUT2D eigenvalue weighted by atomic mass is 15.0. The van der Waals surface area contributed by atoms with Gasteiger partial charge in [0, 0.05) is 12.1 Å². The zero-order chi connectivity index (χ0) is 11.6. The second kappa shape index (κ2) is 5.08. The first-order valence-corrected chi connectivity index (χ1v) is 7.31. The summed E-state index contributed by atoms with van der Waals surface area (Å²) in [6, 6.07) is 1.65. The van der Waals surface area contributed by atoms with E-state index in [1.807, 2.05) is 0 Å². The van der Waals surface area contributed by atoms with Crippen molar-refractivity contribution in [3.05, 3.63) is 0 Å². The summed E-state index contributed by atoms with van der Waals surface area (Å²) in [7, 11) is 0. The Morgan fingerprint density at radius 2 is 1.75 bits per heavy atom. The van der Waals surface area contributed by atoms with Crippen molar-refractivity contribution in [2.75, 3.05) is 0 Å². The molecule has 1 N–H and O–H groups in total. The van der Waals surface area contributed by atoms with Crippen LogP contribution in [0.1, 0.15) is 72.1 Å². The van der Waals surface area contributed by atoms with Gasteiger partial charge < -0.3 is 5.32 Å². The molecule has 3 atom stereocenters. The number of hydrogen-bond donors (Lipinski definition) is 1. The molecular formula is C15H29N. The van der Waals surface area contributed by atoms with Crippen molar-refractivity contribution in [1.29, 1.82) is 0 Å². The molecule has 0 saturated heterocycles. The number of nitrogens with one attached hydrogen (secondary N) is 1. The third-order valence-corrected chi connectivity index (χ3v) is 4.74. The van der Waals surface area contributed by atoms with Crippen molar-refractivity contribution in [2.24, 2.45) is 11.3 Å². The van der Waals surface area contributed by atoms with E-state index < -0.39 is 0 Å². The molecule has 0 aromatic rings. The van der Waals surface area contributed by atoms with Crippen molar-refractivity contribution in [3.8, 4) is 0 Å². The summed E-state index contributed by atoms with van der Waals surface area (Å²) in [5.41, 5.74) is 0.597. The smallest absolute Gasteiger partial charge is 0.00722 e. The molecule has 1 heteroatoms. The Morgan fingerprint density at radius 1 is 0.938 bits per heavy atom. The Bertz CT molecular complexity index is 221. The maximum Gasteiger partial charge on any atom is 0.00722 e. The molecule has 0 spiro atoms. The van der Waals surface area contributed by atoms with Crippen LogP contribution in [0, 0.1) is 11.3 Å². The first kappa shape index (κ1) is 12.4. The molecule has 3 unspecified atom stereocenters. The normalized spacial score (nSPS) is 39.6. The maximum atomic E-state index is 3.93. The van der Waals surface area contributed by atoms with E-state index in [0.717, 1.165) is 18.0 Å². The summed E-state index contributed by atoms with van der Waals surface area (Å²) >= 11 is 0. The second-order valence-electron chi connectivity index (χ2n) is 7.07. The average Bonchev–Trinajstić information content (AvgIpc) is 2.52. The third-order valence-electron chi connectivity index (χ3n) is 4.74. The molecule has 2 fully saturated rings. The van der Waals surface area contributed by atoms with Crippen molar-refractivity contribution in [1.82, 2.24) is 5.32 Å². The van der Waals surface area contributed by atoms with Crippen LogP contribution in [-0.2, 0) is 0 Å². The second-order valence-corrected chi connectivity index (χ2v) is 7.07. The van der Waals surface area contributed by atoms with Crippen molar-refractivity contribution >= 4 is 0 Å². The van der Waals surface area contributed by atoms with Gasteiger partial charge in [-0.15, -0.1) is 0 Å². The van der Waals surface area contributed by atoms with E-state index in [2.05, 4.69) is 26.1 Å². The lowest BCUT2D eigenvalue weighted by Crippen LogP contribution is -2.36. The van der Waals surface area contributed by atoms with Gasteiger partial charge in [-0.05, 0) is 56.3 Å². The zero-order valence-electron chi connectivity index (χ0n) is 11.4. The van der Waals surface area contributed by atoms with Crippen LogP contribution in [0.15, 0.2) is 0 Å². The molecule has 0 bridgehead atoms. The van der Waals surface area contributed by atoms with Gasteiger partial charge in [0.25, 0.3) is 0 Å². The molecule has 2 saturated carbocycles. The molecule has 0 aromatic carbocycles. The lowest BCUT2D eigenvalue weighted by Gasteiger charge is -2.24. The molecule has 0 aromatic heterocycles. The van der Waals surface area contributed by atoms with Crippen LogP contribution in [0.2, 0.25) is 0 Å². The predicted octanol–water partition coefficient (Wildman–Crippen LogP) is 4.12. The van der Waals surface area contributed by atoms with Gasteiger partial charge in [-0.25, -0.2) is 0 Å². The summed E-state index contributed by atoms with van der Waals surface area (Å²) in [6.45, 7) is 7.28. The van der Waals surface area contributed by atoms with Crippen LogP contribution in [0.3, 0.4) is 0 Å². The lowest BCUT2D eigenvalue weighted by atomic mass is 9.85. The van der Waals surface area contributed by atoms with E-state index in [9.17, 15) is 0 Å². The van der Waals surface area contributed by atoms with Crippen molar-refractivity contribution < 1.29 is 0 Å². The fourth-order valence-electron chi connectivity index (χ4n) is 3.52. The Labute approximate surface area is 101 Å². The summed E-state index contributed by atoms with van der Waals surface area (Å²) < 4.78 is 0. The highest BCUT2D eigenvalue weighted by Gasteiger charge is 2.27. The quantitative estimate of drug-likeness (QED) is 0.694. The van der Waals surface area contributed by atoms with E-state index in [0.29, 0.717) is 5.41 Å². The Kier molecular flexibility index (Phi) is 3.94. The molecule has 2 rings (SSSR count). The highest BCUT2D eigenvalue weighted by molar-refractivity contribution is 4.85. The average molecular weight is 223 g/mol. The fraction of sp³-hybridized carbons (Fsp3) is 1.00. The minimum Gasteiger partial charge on any atom is -0.311 e. The third kappa shape index (κ3) is 3.48. The van der Waals surface area contributed by atoms with Crippen LogP contribution < -0.4 is 5.32 Å². The summed E-state index contributed by atoms with van der Waals surface area (Å²) in [4.78, 5) is 0. The van der Waals surface area contributed by atoms with Gasteiger partial charge in [-0.2, -0.15) is 0 Å². The van der Waals surface area contributed by atoms with Gasteiger partial charge in [-0.1, -0.05) is 27.2 Å². The minimum absolute atomic E-state index is 0.597. The summed E-state index contributed by atoms with van der Waals surface area (Å²) in [5.74, 6) is 0.958. The molecule has 0 heterocycles. The van der Waals surface area contributed by atoms with Gasteiger partial charge in [-0.3, -0.25) is 0 Å². The van der Waals surface area contributed by atoms with Crippen molar-refractivity contribution in [2.45, 2.75) is 84.2 Å². The van der Waals surface area contributed by atoms with E-state index in [-0.39, 0.29) is 0 Å². The topological polar surface area (TPSA) is 12.0 Å². The fourth-order valence-corrected chi connectivity index (χ4v) is 3.52. The number of rotatable bonds is 2. The molecule has 1 nitrogen and oxygen atoms in total. The predicted molar refractivity (Wildman–Crippen MR) is 70.6 cm³/mol. The van der Waals surface area contributed by atoms with E-state index in [1.165, 1.54) is 51.4 Å². The van der Waals surface area contributed by atoms with Crippen LogP contribution in [-0.4, -0.2) is 12.1 Å². The van der Waals surface area contributed by atoms with E-state index in [1.54, 1.807) is 0 Å². The number of hydrogen-bond acceptors (Lipinski definition) is 1. The molecular weight excluding hydrogens is 194 g/mol. The Hall–Kier alpha value is -0.0400. The van der Waals surface area contributed by atoms with Crippen molar-refractivity contribution in [3.63, 3.8) is 0 Å². The SMILES string of the molecule is CC1CCC(NC2CCCC(C)(C)CC2)C1. The first-order valence-electron chi connectivity index (χ1n) is 7.31. The molecule has 0 aliphatic heterocycles. The monoisotopic (exact) mass is 223 g/mol. The largest absolute Gasteiger partial charge is 0.311 e. The van der Waals surface area contributed by atoms with Gasteiger partial charge in [0.1, 0.15) is 0 Å². The highest BCUT2D eigenvalue weighted by Crippen LogP contribution is 2.34. The van der Waals surface area contributed by atoms with Gasteiger partial charge in [0.15, 0.2) is 0 Å². The zero-order valence-corrected chi connectivity index (χ0v) is 11.4. The summed E-state index contributed by atoms with van der Waals surface area (Å²) in [5, 5.41) is 3.93. The minimum atomic E-state index is 0.597. The Morgan fingerprint density at radius 3 is 2.44 bits per heavy atom.